The molecular weight excluding hydrogens is 296 g/mol. The summed E-state index contributed by atoms with van der Waals surface area (Å²) in [7, 11) is 0. The number of carbonyl (C=O) groups excluding carboxylic acids is 1. The van der Waals surface area contributed by atoms with Crippen molar-refractivity contribution in [3.8, 4) is 5.88 Å². The Bertz CT molecular complexity index is 632. The van der Waals surface area contributed by atoms with E-state index >= 15 is 0 Å². The summed E-state index contributed by atoms with van der Waals surface area (Å²) in [6.07, 6.45) is 2.29. The van der Waals surface area contributed by atoms with Crippen molar-refractivity contribution in [2.75, 3.05) is 11.9 Å². The zero-order chi connectivity index (χ0) is 16.8. The lowest BCUT2D eigenvalue weighted by Crippen LogP contribution is -2.32. The van der Waals surface area contributed by atoms with Crippen LogP contribution in [0.3, 0.4) is 0 Å². The molecule has 0 saturated heterocycles. The van der Waals surface area contributed by atoms with Crippen LogP contribution >= 0.6 is 0 Å². The molecule has 0 aromatic carbocycles. The first-order valence-electron chi connectivity index (χ1n) is 7.64. The molecule has 2 aromatic rings. The molecule has 0 unspecified atom stereocenters. The summed E-state index contributed by atoms with van der Waals surface area (Å²) < 4.78 is 10.4. The van der Waals surface area contributed by atoms with Crippen LogP contribution in [0.5, 0.6) is 5.88 Å². The molecule has 2 N–H and O–H groups in total. The van der Waals surface area contributed by atoms with Crippen molar-refractivity contribution in [2.45, 2.75) is 40.2 Å². The largest absolute Gasteiger partial charge is 0.478 e. The van der Waals surface area contributed by atoms with Gasteiger partial charge in [0.15, 0.2) is 0 Å². The van der Waals surface area contributed by atoms with Crippen LogP contribution in [0.25, 0.3) is 0 Å². The van der Waals surface area contributed by atoms with Crippen molar-refractivity contribution >= 4 is 11.7 Å². The predicted octanol–water partition coefficient (Wildman–Crippen LogP) is 3.36. The van der Waals surface area contributed by atoms with Crippen molar-refractivity contribution in [3.05, 3.63) is 35.3 Å². The average Bonchev–Trinajstić information content (AvgIpc) is 2.86. The molecule has 0 aliphatic heterocycles. The highest BCUT2D eigenvalue weighted by molar-refractivity contribution is 5.89. The van der Waals surface area contributed by atoms with Gasteiger partial charge in [-0.2, -0.15) is 0 Å². The SMILES string of the molecule is CCOc1ccc(NC(=O)N[C@H](CC)c2c(C)noc2C)cn1. The predicted molar refractivity (Wildman–Crippen MR) is 86.6 cm³/mol. The lowest BCUT2D eigenvalue weighted by atomic mass is 10.0. The molecule has 124 valence electrons. The topological polar surface area (TPSA) is 89.3 Å². The molecule has 0 spiro atoms. The molecule has 2 aromatic heterocycles. The first-order valence-corrected chi connectivity index (χ1v) is 7.64. The van der Waals surface area contributed by atoms with Crippen molar-refractivity contribution in [2.24, 2.45) is 0 Å². The minimum atomic E-state index is -0.303. The molecule has 2 amide bonds. The van der Waals surface area contributed by atoms with Crippen molar-refractivity contribution in [3.63, 3.8) is 0 Å². The summed E-state index contributed by atoms with van der Waals surface area (Å²) in [6, 6.07) is 3.00. The molecular formula is C16H22N4O3. The lowest BCUT2D eigenvalue weighted by Gasteiger charge is -2.17. The smallest absolute Gasteiger partial charge is 0.319 e. The summed E-state index contributed by atoms with van der Waals surface area (Å²) in [5, 5.41) is 9.62. The lowest BCUT2D eigenvalue weighted by molar-refractivity contribution is 0.248. The van der Waals surface area contributed by atoms with Gasteiger partial charge >= 0.3 is 6.03 Å². The Hall–Kier alpha value is -2.57. The van der Waals surface area contributed by atoms with Gasteiger partial charge < -0.3 is 19.9 Å². The van der Waals surface area contributed by atoms with E-state index in [-0.39, 0.29) is 12.1 Å². The van der Waals surface area contributed by atoms with Gasteiger partial charge in [-0.3, -0.25) is 0 Å². The van der Waals surface area contributed by atoms with Gasteiger partial charge in [0.05, 0.1) is 30.2 Å². The fourth-order valence-electron chi connectivity index (χ4n) is 2.38. The minimum Gasteiger partial charge on any atom is -0.478 e. The van der Waals surface area contributed by atoms with Gasteiger partial charge in [-0.15, -0.1) is 0 Å². The van der Waals surface area contributed by atoms with Crippen molar-refractivity contribution in [1.82, 2.24) is 15.5 Å². The Morgan fingerprint density at radius 1 is 1.35 bits per heavy atom. The Kier molecular flexibility index (Phi) is 5.56. The third-order valence-electron chi connectivity index (χ3n) is 3.44. The van der Waals surface area contributed by atoms with Crippen LogP contribution in [0.1, 0.15) is 43.3 Å². The van der Waals surface area contributed by atoms with Gasteiger partial charge in [-0.1, -0.05) is 12.1 Å². The van der Waals surface area contributed by atoms with Gasteiger partial charge in [-0.25, -0.2) is 9.78 Å². The van der Waals surface area contributed by atoms with Gasteiger partial charge in [-0.05, 0) is 33.3 Å². The van der Waals surface area contributed by atoms with Crippen LogP contribution in [-0.2, 0) is 0 Å². The van der Waals surface area contributed by atoms with Gasteiger partial charge in [0.2, 0.25) is 5.88 Å². The normalized spacial score (nSPS) is 11.8. The summed E-state index contributed by atoms with van der Waals surface area (Å²) in [5.41, 5.74) is 2.31. The van der Waals surface area contributed by atoms with E-state index in [2.05, 4.69) is 20.8 Å². The van der Waals surface area contributed by atoms with Crippen LogP contribution in [0, 0.1) is 13.8 Å². The summed E-state index contributed by atoms with van der Waals surface area (Å²) in [6.45, 7) is 8.14. The van der Waals surface area contributed by atoms with Gasteiger partial charge in [0.1, 0.15) is 5.76 Å². The number of ether oxygens (including phenoxy) is 1. The molecule has 0 aliphatic carbocycles. The molecule has 1 atom stereocenters. The Morgan fingerprint density at radius 3 is 2.65 bits per heavy atom. The Labute approximate surface area is 135 Å². The third-order valence-corrected chi connectivity index (χ3v) is 3.44. The maximum absolute atomic E-state index is 12.2. The number of hydrogen-bond donors (Lipinski definition) is 2. The van der Waals surface area contributed by atoms with Crippen LogP contribution in [0.2, 0.25) is 0 Å². The van der Waals surface area contributed by atoms with Gasteiger partial charge in [0.25, 0.3) is 0 Å². The standard InChI is InChI=1S/C16H22N4O3/c1-5-13(15-10(3)20-23-11(15)4)19-16(21)18-12-7-8-14(17-9-12)22-6-2/h7-9,13H,5-6H2,1-4H3,(H2,18,19,21)/t13-/m1/s1. The van der Waals surface area contributed by atoms with E-state index in [9.17, 15) is 4.79 Å². The minimum absolute atomic E-state index is 0.156. The number of hydrogen-bond acceptors (Lipinski definition) is 5. The number of nitrogens with one attached hydrogen (secondary N) is 2. The number of pyridine rings is 1. The molecule has 23 heavy (non-hydrogen) atoms. The molecule has 7 nitrogen and oxygen atoms in total. The van der Waals surface area contributed by atoms with E-state index in [1.165, 1.54) is 0 Å². The average molecular weight is 318 g/mol. The highest BCUT2D eigenvalue weighted by Crippen LogP contribution is 2.24. The molecule has 2 rings (SSSR count). The van der Waals surface area contributed by atoms with Crippen molar-refractivity contribution in [1.29, 1.82) is 0 Å². The van der Waals surface area contributed by atoms with E-state index in [1.54, 1.807) is 18.3 Å². The van der Waals surface area contributed by atoms with Crippen LogP contribution in [-0.4, -0.2) is 22.8 Å². The van der Waals surface area contributed by atoms with Crippen LogP contribution < -0.4 is 15.4 Å². The molecule has 0 radical (unpaired) electrons. The Morgan fingerprint density at radius 2 is 2.13 bits per heavy atom. The maximum Gasteiger partial charge on any atom is 0.319 e. The highest BCUT2D eigenvalue weighted by atomic mass is 16.5. The number of urea groups is 1. The number of carbonyl (C=O) groups is 1. The summed E-state index contributed by atoms with van der Waals surface area (Å²) in [4.78, 5) is 16.3. The van der Waals surface area contributed by atoms with E-state index in [4.69, 9.17) is 9.26 Å². The molecule has 0 fully saturated rings. The van der Waals surface area contributed by atoms with Crippen LogP contribution in [0.4, 0.5) is 10.5 Å². The number of amides is 2. The van der Waals surface area contributed by atoms with E-state index in [0.717, 1.165) is 23.4 Å². The van der Waals surface area contributed by atoms with Crippen molar-refractivity contribution < 1.29 is 14.1 Å². The number of aromatic nitrogens is 2. The molecule has 0 saturated carbocycles. The van der Waals surface area contributed by atoms with E-state index < -0.39 is 0 Å². The second-order valence-electron chi connectivity index (χ2n) is 5.12. The zero-order valence-corrected chi connectivity index (χ0v) is 13.8. The number of anilines is 1. The van der Waals surface area contributed by atoms with E-state index in [0.29, 0.717) is 18.2 Å². The molecule has 7 heteroatoms. The number of aryl methyl sites for hydroxylation is 2. The van der Waals surface area contributed by atoms with E-state index in [1.807, 2.05) is 27.7 Å². The zero-order valence-electron chi connectivity index (χ0n) is 13.8. The first kappa shape index (κ1) is 16.8. The third kappa shape index (κ3) is 4.21. The summed E-state index contributed by atoms with van der Waals surface area (Å²) in [5.74, 6) is 1.25. The quantitative estimate of drug-likeness (QED) is 0.852. The van der Waals surface area contributed by atoms with Crippen LogP contribution in [0.15, 0.2) is 22.9 Å². The second kappa shape index (κ2) is 7.62. The monoisotopic (exact) mass is 318 g/mol. The van der Waals surface area contributed by atoms with Gasteiger partial charge in [0, 0.05) is 11.6 Å². The fourth-order valence-corrected chi connectivity index (χ4v) is 2.38. The first-order chi connectivity index (χ1) is 11.0. The number of rotatable bonds is 6. The summed E-state index contributed by atoms with van der Waals surface area (Å²) >= 11 is 0. The second-order valence-corrected chi connectivity index (χ2v) is 5.12. The number of nitrogens with zero attached hydrogens (tertiary/aromatic N) is 2. The maximum atomic E-state index is 12.2. The highest BCUT2D eigenvalue weighted by Gasteiger charge is 2.20. The molecule has 2 heterocycles. The molecule has 0 aliphatic rings. The fraction of sp³-hybridized carbons (Fsp3) is 0.438. The molecule has 0 bridgehead atoms. The Balaban J connectivity index is 2.00.